The first-order chi connectivity index (χ1) is 39.8. The highest BCUT2D eigenvalue weighted by Crippen LogP contribution is 2.34. The fourth-order valence-corrected chi connectivity index (χ4v) is 9.46. The Morgan fingerprint density at radius 3 is 0.902 bits per heavy atom. The Morgan fingerprint density at radius 1 is 0.378 bits per heavy atom. The van der Waals surface area contributed by atoms with Crippen LogP contribution in [-0.4, -0.2) is 150 Å². The minimum Gasteiger partial charge on any atom is -0.452 e. The van der Waals surface area contributed by atoms with Gasteiger partial charge in [-0.05, 0) is 78.8 Å². The lowest BCUT2D eigenvalue weighted by atomic mass is 9.97. The topological polar surface area (TPSA) is 233 Å². The van der Waals surface area contributed by atoms with Gasteiger partial charge in [-0.3, -0.25) is 0 Å². The summed E-state index contributed by atoms with van der Waals surface area (Å²) in [6.45, 7) is 4.30. The van der Waals surface area contributed by atoms with E-state index in [4.69, 9.17) is 56.8 Å². The Hall–Kier alpha value is -7.92. The summed E-state index contributed by atoms with van der Waals surface area (Å²) in [6, 6.07) is 48.9. The fourth-order valence-electron chi connectivity index (χ4n) is 8.73. The standard InChI is InChI=1S/C62H64O19Si/c1-82(2,3)37-36-73-62-54(81-60(69)46-32-20-9-21-33-46)52(79-58(67)44-28-16-7-17-29-44)50(77-56(65)42-24-12-5-13-25-42)48(75-62)39-71-40-70-38-47-49(76-55(64)41-22-10-4-11-23-41)51(78-57(66)43-26-14-6-15-27-43)53(61(74-47)72-35-34-63)80-59(68)45-30-18-8-19-31-45/h4-33,47-54,61-63H,34-40H2,1-3H3/t47-,48+,49+,50-,51+,52-,53-,54+,61-,62+/m1/s1. The van der Waals surface area contributed by atoms with Crippen molar-refractivity contribution in [3.63, 3.8) is 0 Å². The maximum atomic E-state index is 14.1. The largest absolute Gasteiger partial charge is 0.452 e. The molecule has 2 saturated heterocycles. The van der Waals surface area contributed by atoms with E-state index in [1.807, 2.05) is 0 Å². The molecule has 2 aliphatic heterocycles. The molecule has 2 fully saturated rings. The van der Waals surface area contributed by atoms with Gasteiger partial charge in [0.15, 0.2) is 49.2 Å². The summed E-state index contributed by atoms with van der Waals surface area (Å²) in [5.41, 5.74) is 0.829. The SMILES string of the molecule is C[Si](C)(C)CCO[C@H]1O[C@@H](COCOC[C@H]2O[C@@H](OCCO)[C@H](OC(=O)c3ccccc3)[C@@H](OC(=O)c3ccccc3)[C@H]2OC(=O)c2ccccc2)[C@@H](OC(=O)c2ccccc2)[C@@H](OC(=O)c2ccccc2)[C@@H]1OC(=O)c1ccccc1. The second-order valence-corrected chi connectivity index (χ2v) is 25.8. The van der Waals surface area contributed by atoms with E-state index < -0.39 is 132 Å². The lowest BCUT2D eigenvalue weighted by Crippen LogP contribution is -2.63. The van der Waals surface area contributed by atoms with Crippen LogP contribution in [0, 0.1) is 0 Å². The molecule has 0 aromatic heterocycles. The molecule has 19 nitrogen and oxygen atoms in total. The Labute approximate surface area is 475 Å². The van der Waals surface area contributed by atoms with Crippen LogP contribution < -0.4 is 0 Å². The van der Waals surface area contributed by atoms with Crippen LogP contribution in [0.5, 0.6) is 0 Å². The van der Waals surface area contributed by atoms with Crippen LogP contribution in [0.3, 0.4) is 0 Å². The molecule has 8 rings (SSSR count). The number of esters is 6. The number of rotatable bonds is 25. The van der Waals surface area contributed by atoms with Gasteiger partial charge in [-0.2, -0.15) is 0 Å². The highest BCUT2D eigenvalue weighted by Gasteiger charge is 2.55. The Morgan fingerprint density at radius 2 is 0.634 bits per heavy atom. The second-order valence-electron chi connectivity index (χ2n) is 20.1. The highest BCUT2D eigenvalue weighted by atomic mass is 28.3. The predicted molar refractivity (Wildman–Crippen MR) is 295 cm³/mol. The first-order valence-corrected chi connectivity index (χ1v) is 30.3. The van der Waals surface area contributed by atoms with Crippen LogP contribution in [0.4, 0.5) is 0 Å². The van der Waals surface area contributed by atoms with Gasteiger partial charge in [0.1, 0.15) is 19.0 Å². The van der Waals surface area contributed by atoms with E-state index in [-0.39, 0.29) is 46.6 Å². The lowest BCUT2D eigenvalue weighted by molar-refractivity contribution is -0.308. The van der Waals surface area contributed by atoms with Gasteiger partial charge in [-0.1, -0.05) is 129 Å². The van der Waals surface area contributed by atoms with Crippen LogP contribution in [0.1, 0.15) is 62.1 Å². The van der Waals surface area contributed by atoms with Gasteiger partial charge in [0.25, 0.3) is 0 Å². The minimum atomic E-state index is -1.75. The molecule has 1 N–H and O–H groups in total. The van der Waals surface area contributed by atoms with E-state index in [2.05, 4.69) is 19.6 Å². The number of aliphatic hydroxyl groups excluding tert-OH is 1. The fraction of sp³-hybridized carbons (Fsp3) is 0.323. The van der Waals surface area contributed by atoms with Crippen molar-refractivity contribution in [1.82, 2.24) is 0 Å². The molecule has 0 amide bonds. The molecule has 0 spiro atoms. The number of benzene rings is 6. The summed E-state index contributed by atoms with van der Waals surface area (Å²) in [5, 5.41) is 9.93. The van der Waals surface area contributed by atoms with Gasteiger partial charge >= 0.3 is 35.8 Å². The maximum absolute atomic E-state index is 14.1. The number of ether oxygens (including phenoxy) is 12. The molecule has 0 unspecified atom stereocenters. The van der Waals surface area contributed by atoms with E-state index in [1.165, 1.54) is 60.7 Å². The third-order valence-electron chi connectivity index (χ3n) is 12.9. The molecular formula is C62H64O19Si. The highest BCUT2D eigenvalue weighted by molar-refractivity contribution is 6.76. The van der Waals surface area contributed by atoms with Gasteiger partial charge in [0, 0.05) is 14.7 Å². The second kappa shape index (κ2) is 29.7. The average molecular weight is 1140 g/mol. The van der Waals surface area contributed by atoms with Crippen LogP contribution in [0.2, 0.25) is 25.7 Å². The maximum Gasteiger partial charge on any atom is 0.338 e. The summed E-state index contributed by atoms with van der Waals surface area (Å²) in [7, 11) is -1.75. The summed E-state index contributed by atoms with van der Waals surface area (Å²) < 4.78 is 74.5. The Kier molecular flexibility index (Phi) is 21.8. The molecule has 6 aromatic rings. The van der Waals surface area contributed by atoms with Gasteiger partial charge in [-0.25, -0.2) is 28.8 Å². The monoisotopic (exact) mass is 1140 g/mol. The summed E-state index contributed by atoms with van der Waals surface area (Å²) >= 11 is 0. The van der Waals surface area contributed by atoms with Crippen molar-refractivity contribution in [2.75, 3.05) is 39.8 Å². The van der Waals surface area contributed by atoms with E-state index in [1.54, 1.807) is 121 Å². The number of carbonyl (C=O) groups is 6. The number of carbonyl (C=O) groups excluding carboxylic acids is 6. The minimum absolute atomic E-state index is 0.114. The molecule has 0 aliphatic carbocycles. The first-order valence-electron chi connectivity index (χ1n) is 26.6. The molecule has 82 heavy (non-hydrogen) atoms. The first kappa shape index (κ1) is 60.2. The van der Waals surface area contributed by atoms with Gasteiger partial charge in [0.2, 0.25) is 0 Å². The van der Waals surface area contributed by atoms with Crippen molar-refractivity contribution in [1.29, 1.82) is 0 Å². The van der Waals surface area contributed by atoms with Crippen LogP contribution in [0.15, 0.2) is 182 Å². The van der Waals surface area contributed by atoms with Gasteiger partial charge in [0.05, 0.1) is 59.8 Å². The van der Waals surface area contributed by atoms with Crippen molar-refractivity contribution >= 4 is 43.9 Å². The summed E-state index contributed by atoms with van der Waals surface area (Å²) in [4.78, 5) is 84.0. The zero-order valence-electron chi connectivity index (χ0n) is 45.3. The smallest absolute Gasteiger partial charge is 0.338 e. The van der Waals surface area contributed by atoms with Crippen molar-refractivity contribution in [3.05, 3.63) is 215 Å². The lowest BCUT2D eigenvalue weighted by Gasteiger charge is -2.44. The molecule has 20 heteroatoms. The predicted octanol–water partition coefficient (Wildman–Crippen LogP) is 8.14. The Bertz CT molecular complexity index is 2990. The molecule has 430 valence electrons. The molecule has 0 saturated carbocycles. The van der Waals surface area contributed by atoms with Crippen LogP contribution in [0.25, 0.3) is 0 Å². The van der Waals surface area contributed by atoms with E-state index >= 15 is 0 Å². The normalized spacial score (nSPS) is 22.4. The Balaban J connectivity index is 1.10. The van der Waals surface area contributed by atoms with Gasteiger partial charge < -0.3 is 61.9 Å². The molecule has 6 aromatic carbocycles. The van der Waals surface area contributed by atoms with Crippen LogP contribution >= 0.6 is 0 Å². The van der Waals surface area contributed by atoms with E-state index in [9.17, 15) is 33.9 Å². The zero-order valence-corrected chi connectivity index (χ0v) is 46.3. The number of aliphatic hydroxyl groups is 1. The van der Waals surface area contributed by atoms with E-state index in [0.717, 1.165) is 0 Å². The quantitative estimate of drug-likeness (QED) is 0.0187. The van der Waals surface area contributed by atoms with Crippen molar-refractivity contribution in [3.8, 4) is 0 Å². The van der Waals surface area contributed by atoms with Crippen molar-refractivity contribution in [2.24, 2.45) is 0 Å². The number of hydrogen-bond donors (Lipinski definition) is 1. The average Bonchev–Trinajstić information content (AvgIpc) is 3.54. The molecule has 2 heterocycles. The molecular weight excluding hydrogens is 1080 g/mol. The summed E-state index contributed by atoms with van der Waals surface area (Å²) in [5.74, 6) is -5.06. The third kappa shape index (κ3) is 16.8. The molecule has 2 aliphatic rings. The third-order valence-corrected chi connectivity index (χ3v) is 14.6. The van der Waals surface area contributed by atoms with Crippen LogP contribution in [-0.2, 0) is 56.8 Å². The summed E-state index contributed by atoms with van der Waals surface area (Å²) in [6.07, 6.45) is -15.1. The number of hydrogen-bond acceptors (Lipinski definition) is 19. The van der Waals surface area contributed by atoms with Gasteiger partial charge in [-0.15, -0.1) is 0 Å². The zero-order chi connectivity index (χ0) is 57.8. The molecule has 10 atom stereocenters. The molecule has 0 radical (unpaired) electrons. The van der Waals surface area contributed by atoms with Crippen molar-refractivity contribution < 1.29 is 90.7 Å². The molecule has 0 bridgehead atoms. The van der Waals surface area contributed by atoms with E-state index in [0.29, 0.717) is 6.04 Å². The van der Waals surface area contributed by atoms with Crippen molar-refractivity contribution in [2.45, 2.75) is 87.1 Å².